The van der Waals surface area contributed by atoms with Gasteiger partial charge in [-0.2, -0.15) is 0 Å². The van der Waals surface area contributed by atoms with Gasteiger partial charge in [-0.15, -0.1) is 0 Å². The predicted molar refractivity (Wildman–Crippen MR) is 86.4 cm³/mol. The minimum Gasteiger partial charge on any atom is -0.508 e. The summed E-state index contributed by atoms with van der Waals surface area (Å²) in [6, 6.07) is 5.39. The fraction of sp³-hybridized carbons (Fsp3) is 0. The zero-order chi connectivity index (χ0) is 18.3. The standard InChI is InChI=1S/C15H11O9P/c16-7-4-10(19)12-11(5-7)23-14(15(13(12)20)24-25(21)22)6-1-2-8(17)9(18)3-6/h1-5,16-19,25H,(H,21,22). The van der Waals surface area contributed by atoms with E-state index < -0.39 is 36.7 Å². The molecule has 1 atom stereocenters. The van der Waals surface area contributed by atoms with Crippen molar-refractivity contribution in [2.45, 2.75) is 0 Å². The van der Waals surface area contributed by atoms with Crippen molar-refractivity contribution in [2.24, 2.45) is 0 Å². The molecule has 3 aromatic rings. The van der Waals surface area contributed by atoms with E-state index in [-0.39, 0.29) is 28.0 Å². The molecule has 0 saturated heterocycles. The van der Waals surface area contributed by atoms with Crippen molar-refractivity contribution >= 4 is 19.2 Å². The van der Waals surface area contributed by atoms with Crippen molar-refractivity contribution < 1.29 is 38.8 Å². The molecule has 3 rings (SSSR count). The van der Waals surface area contributed by atoms with Gasteiger partial charge in [0.05, 0.1) is 0 Å². The Morgan fingerprint density at radius 2 is 1.68 bits per heavy atom. The summed E-state index contributed by atoms with van der Waals surface area (Å²) in [5.41, 5.74) is -1.11. The molecule has 0 bridgehead atoms. The summed E-state index contributed by atoms with van der Waals surface area (Å²) < 4.78 is 21.2. The van der Waals surface area contributed by atoms with E-state index in [9.17, 15) is 29.8 Å². The maximum atomic E-state index is 12.6. The second-order valence-electron chi connectivity index (χ2n) is 5.00. The predicted octanol–water partition coefficient (Wildman–Crippen LogP) is 2.04. The van der Waals surface area contributed by atoms with Crippen LogP contribution in [0.4, 0.5) is 0 Å². The molecule has 5 N–H and O–H groups in total. The van der Waals surface area contributed by atoms with Gasteiger partial charge in [-0.25, -0.2) is 4.57 Å². The highest BCUT2D eigenvalue weighted by Gasteiger charge is 2.22. The van der Waals surface area contributed by atoms with Crippen molar-refractivity contribution in [3.8, 4) is 40.1 Å². The lowest BCUT2D eigenvalue weighted by molar-refractivity contribution is 0.401. The number of hydrogen-bond donors (Lipinski definition) is 5. The maximum absolute atomic E-state index is 12.6. The average Bonchev–Trinajstić information content (AvgIpc) is 2.51. The van der Waals surface area contributed by atoms with Crippen LogP contribution in [-0.4, -0.2) is 25.3 Å². The van der Waals surface area contributed by atoms with E-state index in [2.05, 4.69) is 4.52 Å². The number of rotatable bonds is 3. The Morgan fingerprint density at radius 3 is 2.32 bits per heavy atom. The largest absolute Gasteiger partial charge is 0.508 e. The number of benzene rings is 2. The molecule has 1 heterocycles. The first-order chi connectivity index (χ1) is 11.8. The molecule has 9 nitrogen and oxygen atoms in total. The van der Waals surface area contributed by atoms with E-state index in [4.69, 9.17) is 9.31 Å². The van der Waals surface area contributed by atoms with Gasteiger partial charge in [-0.05, 0) is 18.2 Å². The average molecular weight is 366 g/mol. The third-order valence-electron chi connectivity index (χ3n) is 3.34. The van der Waals surface area contributed by atoms with Crippen LogP contribution in [-0.2, 0) is 4.57 Å². The van der Waals surface area contributed by atoms with Crippen LogP contribution in [0.1, 0.15) is 0 Å². The Morgan fingerprint density at radius 1 is 0.960 bits per heavy atom. The quantitative estimate of drug-likeness (QED) is 0.345. The molecule has 130 valence electrons. The first-order valence-corrected chi connectivity index (χ1v) is 8.00. The SMILES string of the molecule is O=c1c(O[PH](=O)O)c(-c2ccc(O)c(O)c2)oc2cc(O)cc(O)c12. The molecule has 0 spiro atoms. The van der Waals surface area contributed by atoms with E-state index in [1.54, 1.807) is 0 Å². The fourth-order valence-corrected chi connectivity index (χ4v) is 2.66. The first-order valence-electron chi connectivity index (χ1n) is 6.74. The highest BCUT2D eigenvalue weighted by atomic mass is 31.1. The highest BCUT2D eigenvalue weighted by Crippen LogP contribution is 2.39. The molecule has 0 amide bonds. The second kappa shape index (κ2) is 6.04. The lowest BCUT2D eigenvalue weighted by Crippen LogP contribution is -2.07. The zero-order valence-electron chi connectivity index (χ0n) is 12.3. The number of hydrogen-bond acceptors (Lipinski definition) is 8. The van der Waals surface area contributed by atoms with Crippen LogP contribution in [0.25, 0.3) is 22.3 Å². The Balaban J connectivity index is 2.41. The summed E-state index contributed by atoms with van der Waals surface area (Å²) >= 11 is 0. The van der Waals surface area contributed by atoms with E-state index in [1.807, 2.05) is 0 Å². The monoisotopic (exact) mass is 366 g/mol. The summed E-state index contributed by atoms with van der Waals surface area (Å²) in [6.07, 6.45) is 0. The van der Waals surface area contributed by atoms with E-state index in [0.29, 0.717) is 0 Å². The molecule has 0 aliphatic rings. The van der Waals surface area contributed by atoms with Gasteiger partial charge in [0.25, 0.3) is 0 Å². The topological polar surface area (TPSA) is 158 Å². The Bertz CT molecular complexity index is 1070. The second-order valence-corrected chi connectivity index (χ2v) is 5.73. The molecular weight excluding hydrogens is 355 g/mol. The van der Waals surface area contributed by atoms with Gasteiger partial charge in [0, 0.05) is 17.7 Å². The smallest absolute Gasteiger partial charge is 0.365 e. The summed E-state index contributed by atoms with van der Waals surface area (Å²) in [4.78, 5) is 21.6. The highest BCUT2D eigenvalue weighted by molar-refractivity contribution is 7.32. The van der Waals surface area contributed by atoms with Gasteiger partial charge in [-0.3, -0.25) is 4.79 Å². The van der Waals surface area contributed by atoms with Crippen LogP contribution in [0.3, 0.4) is 0 Å². The maximum Gasteiger partial charge on any atom is 0.365 e. The Kier molecular flexibility index (Phi) is 4.03. The van der Waals surface area contributed by atoms with Gasteiger partial charge in [0.1, 0.15) is 22.5 Å². The zero-order valence-corrected chi connectivity index (χ0v) is 13.3. The van der Waals surface area contributed by atoms with Crippen molar-refractivity contribution in [3.63, 3.8) is 0 Å². The lowest BCUT2D eigenvalue weighted by atomic mass is 10.1. The van der Waals surface area contributed by atoms with Crippen molar-refractivity contribution in [1.29, 1.82) is 0 Å². The van der Waals surface area contributed by atoms with E-state index in [1.165, 1.54) is 6.07 Å². The molecule has 1 aromatic heterocycles. The van der Waals surface area contributed by atoms with Gasteiger partial charge in [-0.1, -0.05) is 0 Å². The normalized spacial score (nSPS) is 12.2. The van der Waals surface area contributed by atoms with Crippen molar-refractivity contribution in [2.75, 3.05) is 0 Å². The molecule has 25 heavy (non-hydrogen) atoms. The Hall–Kier alpha value is -3.16. The summed E-state index contributed by atoms with van der Waals surface area (Å²) in [5, 5.41) is 38.0. The number of aromatic hydroxyl groups is 4. The van der Waals surface area contributed by atoms with Gasteiger partial charge < -0.3 is 34.3 Å². The van der Waals surface area contributed by atoms with Crippen LogP contribution >= 0.6 is 8.25 Å². The molecule has 1 unspecified atom stereocenters. The fourth-order valence-electron chi connectivity index (χ4n) is 2.30. The Labute approximate surface area is 139 Å². The van der Waals surface area contributed by atoms with Gasteiger partial charge >= 0.3 is 8.25 Å². The van der Waals surface area contributed by atoms with Gasteiger partial charge in [0.15, 0.2) is 17.3 Å². The number of phenols is 4. The summed E-state index contributed by atoms with van der Waals surface area (Å²) in [6.45, 7) is 0. The summed E-state index contributed by atoms with van der Waals surface area (Å²) in [7, 11) is -3.60. The third-order valence-corrected chi connectivity index (χ3v) is 3.72. The minimum atomic E-state index is -3.60. The van der Waals surface area contributed by atoms with Crippen LogP contribution in [0.15, 0.2) is 39.5 Å². The third kappa shape index (κ3) is 2.98. The molecule has 0 saturated carbocycles. The van der Waals surface area contributed by atoms with Crippen LogP contribution < -0.4 is 9.95 Å². The minimum absolute atomic E-state index is 0.0513. The van der Waals surface area contributed by atoms with Crippen molar-refractivity contribution in [3.05, 3.63) is 40.6 Å². The van der Waals surface area contributed by atoms with E-state index >= 15 is 0 Å². The summed E-state index contributed by atoms with van der Waals surface area (Å²) in [5.74, 6) is -2.93. The molecule has 0 fully saturated rings. The first kappa shape index (κ1) is 16.7. The van der Waals surface area contributed by atoms with E-state index in [0.717, 1.165) is 24.3 Å². The molecule has 0 aliphatic heterocycles. The molecule has 2 aromatic carbocycles. The number of fused-ring (bicyclic) bond motifs is 1. The number of phenolic OH excluding ortho intramolecular Hbond substituents is 4. The van der Waals surface area contributed by atoms with Crippen molar-refractivity contribution in [1.82, 2.24) is 0 Å². The van der Waals surface area contributed by atoms with Gasteiger partial charge in [0.2, 0.25) is 11.2 Å². The molecular formula is C15H11O9P. The molecule has 0 radical (unpaired) electrons. The van der Waals surface area contributed by atoms with Crippen LogP contribution in [0.5, 0.6) is 28.7 Å². The molecule has 0 aliphatic carbocycles. The van der Waals surface area contributed by atoms with Crippen LogP contribution in [0, 0.1) is 0 Å². The lowest BCUT2D eigenvalue weighted by Gasteiger charge is -2.11. The van der Waals surface area contributed by atoms with Crippen LogP contribution in [0.2, 0.25) is 0 Å². The molecule has 10 heteroatoms.